The molecular weight excluding hydrogens is 262 g/mol. The number of nitrogens with zero attached hydrogens (tertiary/aromatic N) is 2. The lowest BCUT2D eigenvalue weighted by atomic mass is 10.3. The highest BCUT2D eigenvalue weighted by Crippen LogP contribution is 2.21. The first-order valence-corrected chi connectivity index (χ1v) is 6.31. The number of para-hydroxylation sites is 1. The number of amides is 1. The molecule has 5 nitrogen and oxygen atoms in total. The molecule has 0 spiro atoms. The number of carbonyl (C=O) groups excluding carboxylic acids is 1. The molecule has 1 amide bonds. The minimum absolute atomic E-state index is 0.489. The van der Waals surface area contributed by atoms with E-state index in [2.05, 4.69) is 14.1 Å². The summed E-state index contributed by atoms with van der Waals surface area (Å²) < 4.78 is 13.4. The van der Waals surface area contributed by atoms with E-state index in [4.69, 9.17) is 4.74 Å². The molecule has 0 aliphatic carbocycles. The smallest absolute Gasteiger partial charge is 0.410 e. The third kappa shape index (κ3) is 2.53. The van der Waals surface area contributed by atoms with Crippen molar-refractivity contribution in [1.29, 1.82) is 0 Å². The summed E-state index contributed by atoms with van der Waals surface area (Å²) >= 11 is 1.11. The first-order chi connectivity index (χ1) is 9.33. The van der Waals surface area contributed by atoms with E-state index in [-0.39, 0.29) is 0 Å². The van der Waals surface area contributed by atoms with Gasteiger partial charge in [0.15, 0.2) is 0 Å². The van der Waals surface area contributed by atoms with Crippen LogP contribution in [0.5, 0.6) is 5.75 Å². The van der Waals surface area contributed by atoms with Crippen LogP contribution in [0.2, 0.25) is 0 Å². The van der Waals surface area contributed by atoms with Gasteiger partial charge in [0.05, 0.1) is 17.4 Å². The van der Waals surface area contributed by atoms with Gasteiger partial charge in [-0.15, -0.1) is 0 Å². The van der Waals surface area contributed by atoms with Crippen LogP contribution in [0, 0.1) is 0 Å². The molecule has 0 atom stereocenters. The zero-order valence-corrected chi connectivity index (χ0v) is 10.6. The van der Waals surface area contributed by atoms with E-state index >= 15 is 0 Å². The molecule has 1 heterocycles. The van der Waals surface area contributed by atoms with Gasteiger partial charge in [0.1, 0.15) is 16.8 Å². The van der Waals surface area contributed by atoms with Gasteiger partial charge in [0.2, 0.25) is 0 Å². The van der Waals surface area contributed by atoms with Crippen molar-refractivity contribution in [3.63, 3.8) is 0 Å². The minimum atomic E-state index is -0.549. The molecule has 1 aromatic heterocycles. The highest BCUT2D eigenvalue weighted by atomic mass is 32.1. The molecule has 0 aliphatic heterocycles. The van der Waals surface area contributed by atoms with E-state index in [1.54, 1.807) is 30.3 Å². The number of hydrogen-bond donors (Lipinski definition) is 1. The molecule has 0 unspecified atom stereocenters. The number of benzene rings is 2. The van der Waals surface area contributed by atoms with E-state index in [0.717, 1.165) is 17.2 Å². The Hall–Kier alpha value is -2.47. The van der Waals surface area contributed by atoms with Crippen molar-refractivity contribution in [2.75, 3.05) is 5.32 Å². The first kappa shape index (κ1) is 11.6. The average molecular weight is 271 g/mol. The molecule has 0 fully saturated rings. The number of ether oxygens (including phenoxy) is 1. The molecule has 0 saturated carbocycles. The molecule has 1 N–H and O–H groups in total. The summed E-state index contributed by atoms with van der Waals surface area (Å²) in [4.78, 5) is 11.8. The molecule has 3 aromatic rings. The van der Waals surface area contributed by atoms with E-state index < -0.39 is 6.09 Å². The number of nitrogens with one attached hydrogen (secondary N) is 1. The standard InChI is InChI=1S/C13H9N3O2S/c17-13(18-9-5-2-1-3-6-9)14-10-7-4-8-11-12(10)16-19-15-11/h1-8H,(H,14,17). The maximum absolute atomic E-state index is 11.8. The van der Waals surface area contributed by atoms with Gasteiger partial charge < -0.3 is 4.74 Å². The van der Waals surface area contributed by atoms with E-state index in [1.165, 1.54) is 0 Å². The van der Waals surface area contributed by atoms with Gasteiger partial charge in [0, 0.05) is 0 Å². The number of carbonyl (C=O) groups is 1. The van der Waals surface area contributed by atoms with Crippen LogP contribution in [0.15, 0.2) is 48.5 Å². The van der Waals surface area contributed by atoms with Crippen molar-refractivity contribution in [2.45, 2.75) is 0 Å². The normalized spacial score (nSPS) is 10.3. The van der Waals surface area contributed by atoms with Crippen LogP contribution in [0.1, 0.15) is 0 Å². The lowest BCUT2D eigenvalue weighted by Gasteiger charge is -2.06. The number of fused-ring (bicyclic) bond motifs is 1. The largest absolute Gasteiger partial charge is 0.417 e. The summed E-state index contributed by atoms with van der Waals surface area (Å²) in [5.41, 5.74) is 2.01. The SMILES string of the molecule is O=C(Nc1cccc2nsnc12)Oc1ccccc1. The van der Waals surface area contributed by atoms with Crippen LogP contribution in [0.25, 0.3) is 11.0 Å². The molecule has 0 bridgehead atoms. The van der Waals surface area contributed by atoms with Gasteiger partial charge >= 0.3 is 6.09 Å². The van der Waals surface area contributed by atoms with E-state index in [9.17, 15) is 4.79 Å². The Bertz CT molecular complexity index is 712. The van der Waals surface area contributed by atoms with Gasteiger partial charge in [-0.1, -0.05) is 24.3 Å². The van der Waals surface area contributed by atoms with Crippen LogP contribution in [0.3, 0.4) is 0 Å². The van der Waals surface area contributed by atoms with E-state index in [1.807, 2.05) is 18.2 Å². The van der Waals surface area contributed by atoms with Crippen LogP contribution in [0.4, 0.5) is 10.5 Å². The predicted octanol–water partition coefficient (Wildman–Crippen LogP) is 3.30. The fraction of sp³-hybridized carbons (Fsp3) is 0. The lowest BCUT2D eigenvalue weighted by molar-refractivity contribution is 0.215. The van der Waals surface area contributed by atoms with Crippen LogP contribution >= 0.6 is 11.7 Å². The average Bonchev–Trinajstić information content (AvgIpc) is 2.89. The van der Waals surface area contributed by atoms with Crippen molar-refractivity contribution >= 4 is 34.5 Å². The number of aromatic nitrogens is 2. The predicted molar refractivity (Wildman–Crippen MR) is 73.5 cm³/mol. The first-order valence-electron chi connectivity index (χ1n) is 5.58. The van der Waals surface area contributed by atoms with Gasteiger partial charge in [-0.25, -0.2) is 4.79 Å². The third-order valence-electron chi connectivity index (χ3n) is 2.48. The summed E-state index contributed by atoms with van der Waals surface area (Å²) in [6.07, 6.45) is -0.549. The second-order valence-corrected chi connectivity index (χ2v) is 4.29. The molecule has 0 radical (unpaired) electrons. The maximum Gasteiger partial charge on any atom is 0.417 e. The highest BCUT2D eigenvalue weighted by molar-refractivity contribution is 7.00. The second-order valence-electron chi connectivity index (χ2n) is 3.77. The topological polar surface area (TPSA) is 64.1 Å². The summed E-state index contributed by atoms with van der Waals surface area (Å²) in [6.45, 7) is 0. The Morgan fingerprint density at radius 2 is 1.89 bits per heavy atom. The molecule has 6 heteroatoms. The van der Waals surface area contributed by atoms with Crippen molar-refractivity contribution in [3.8, 4) is 5.75 Å². The zero-order chi connectivity index (χ0) is 13.1. The monoisotopic (exact) mass is 271 g/mol. The van der Waals surface area contributed by atoms with Crippen molar-refractivity contribution in [3.05, 3.63) is 48.5 Å². The van der Waals surface area contributed by atoms with Gasteiger partial charge in [-0.2, -0.15) is 8.75 Å². The van der Waals surface area contributed by atoms with Gasteiger partial charge in [-0.05, 0) is 24.3 Å². The molecule has 19 heavy (non-hydrogen) atoms. The Morgan fingerprint density at radius 3 is 2.74 bits per heavy atom. The van der Waals surface area contributed by atoms with Gasteiger partial charge in [0.25, 0.3) is 0 Å². The number of anilines is 1. The summed E-state index contributed by atoms with van der Waals surface area (Å²) in [5.74, 6) is 0.489. The Morgan fingerprint density at radius 1 is 1.05 bits per heavy atom. The summed E-state index contributed by atoms with van der Waals surface area (Å²) in [7, 11) is 0. The maximum atomic E-state index is 11.8. The quantitative estimate of drug-likeness (QED) is 0.776. The van der Waals surface area contributed by atoms with Crippen molar-refractivity contribution in [2.24, 2.45) is 0 Å². The summed E-state index contributed by atoms with van der Waals surface area (Å²) in [5, 5.41) is 2.66. The van der Waals surface area contributed by atoms with Gasteiger partial charge in [-0.3, -0.25) is 5.32 Å². The lowest BCUT2D eigenvalue weighted by Crippen LogP contribution is -2.16. The molecule has 0 aliphatic rings. The highest BCUT2D eigenvalue weighted by Gasteiger charge is 2.09. The fourth-order valence-corrected chi connectivity index (χ4v) is 2.19. The third-order valence-corrected chi connectivity index (χ3v) is 3.02. The van der Waals surface area contributed by atoms with Crippen LogP contribution < -0.4 is 10.1 Å². The second kappa shape index (κ2) is 5.03. The Kier molecular flexibility index (Phi) is 3.07. The van der Waals surface area contributed by atoms with Crippen molar-refractivity contribution < 1.29 is 9.53 Å². The van der Waals surface area contributed by atoms with Crippen molar-refractivity contribution in [1.82, 2.24) is 8.75 Å². The fourth-order valence-electron chi connectivity index (χ4n) is 1.64. The molecular formula is C13H9N3O2S. The summed E-state index contributed by atoms with van der Waals surface area (Å²) in [6, 6.07) is 14.3. The molecule has 0 saturated heterocycles. The Labute approximate surface area is 113 Å². The zero-order valence-electron chi connectivity index (χ0n) is 9.74. The Balaban J connectivity index is 1.78. The number of rotatable bonds is 2. The molecule has 3 rings (SSSR count). The van der Waals surface area contributed by atoms with Crippen LogP contribution in [-0.2, 0) is 0 Å². The van der Waals surface area contributed by atoms with E-state index in [0.29, 0.717) is 17.0 Å². The molecule has 94 valence electrons. The number of hydrogen-bond acceptors (Lipinski definition) is 5. The minimum Gasteiger partial charge on any atom is -0.410 e. The van der Waals surface area contributed by atoms with Crippen LogP contribution in [-0.4, -0.2) is 14.8 Å². The molecule has 2 aromatic carbocycles.